The molecule has 0 aliphatic carbocycles. The van der Waals surface area contributed by atoms with Crippen molar-refractivity contribution in [1.29, 1.82) is 0 Å². The molecule has 10 heavy (non-hydrogen) atoms. The smallest absolute Gasteiger partial charge is 0.0473 e. The van der Waals surface area contributed by atoms with Gasteiger partial charge in [0.1, 0.15) is 0 Å². The van der Waals surface area contributed by atoms with Crippen LogP contribution in [-0.4, -0.2) is 16.1 Å². The fourth-order valence-corrected chi connectivity index (χ4v) is 15.7. The average molecular weight is 173 g/mol. The molecule has 0 spiro atoms. The van der Waals surface area contributed by atoms with Gasteiger partial charge in [0.2, 0.25) is 0 Å². The molecule has 0 atom stereocenters. The zero-order chi connectivity index (χ0) is 8.91. The maximum atomic E-state index is 8.42. The first-order chi connectivity index (χ1) is 4.71. The van der Waals surface area contributed by atoms with E-state index in [9.17, 15) is 0 Å². The summed E-state index contributed by atoms with van der Waals surface area (Å²) in [4.78, 5) is 0. The molecule has 0 radical (unpaired) electrons. The molecule has 0 aromatic carbocycles. The Morgan fingerprint density at radius 2 is 1.40 bits per heavy atom. The third-order valence-corrected chi connectivity index (χ3v) is 15.0. The summed E-state index contributed by atoms with van der Waals surface area (Å²) in [6, 6.07) is 2.79. The van der Waals surface area contributed by atoms with Crippen molar-refractivity contribution in [2.24, 2.45) is 0 Å². The molecule has 1 aliphatic rings. The minimum atomic E-state index is -1.17. The van der Waals surface area contributed by atoms with E-state index in [2.05, 4.69) is 33.1 Å². The first kappa shape index (κ1) is 7.10. The van der Waals surface area contributed by atoms with E-state index in [1.807, 2.05) is 0 Å². The van der Waals surface area contributed by atoms with Crippen LogP contribution in [0.5, 0.6) is 0 Å². The largest absolute Gasteiger partial charge is 0.0694 e. The van der Waals surface area contributed by atoms with Gasteiger partial charge in [0.15, 0.2) is 0 Å². The standard InChI is InChI=1S/C8H20Si2/c1-8-9(2,3)6-7-10(8,4)5/h8H,6-7H2,1-5H3/i8D. The van der Waals surface area contributed by atoms with Crippen LogP contribution >= 0.6 is 0 Å². The van der Waals surface area contributed by atoms with Crippen LogP contribution in [0.3, 0.4) is 0 Å². The van der Waals surface area contributed by atoms with Crippen molar-refractivity contribution in [2.75, 3.05) is 0 Å². The molecule has 0 nitrogen and oxygen atoms in total. The molecule has 0 aromatic heterocycles. The van der Waals surface area contributed by atoms with Crippen molar-refractivity contribution in [3.05, 3.63) is 0 Å². The molecule has 0 N–H and O–H groups in total. The maximum Gasteiger partial charge on any atom is 0.0473 e. The van der Waals surface area contributed by atoms with Gasteiger partial charge in [0, 0.05) is 17.5 Å². The molecule has 0 amide bonds. The molecule has 2 heteroatoms. The van der Waals surface area contributed by atoms with Crippen molar-refractivity contribution in [1.82, 2.24) is 0 Å². The summed E-state index contributed by atoms with van der Waals surface area (Å²) >= 11 is 0. The van der Waals surface area contributed by atoms with Gasteiger partial charge in [-0.05, 0) is 0 Å². The van der Waals surface area contributed by atoms with Gasteiger partial charge in [-0.1, -0.05) is 50.3 Å². The second kappa shape index (κ2) is 2.21. The molecular formula is C8H20Si2. The van der Waals surface area contributed by atoms with Gasteiger partial charge in [-0.2, -0.15) is 0 Å². The van der Waals surface area contributed by atoms with E-state index >= 15 is 0 Å². The molecule has 0 bridgehead atoms. The van der Waals surface area contributed by atoms with Gasteiger partial charge in [0.05, 0.1) is 0 Å². The predicted molar refractivity (Wildman–Crippen MR) is 54.0 cm³/mol. The van der Waals surface area contributed by atoms with Gasteiger partial charge in [-0.3, -0.25) is 0 Å². The topological polar surface area (TPSA) is 0 Å². The second-order valence-electron chi connectivity index (χ2n) is 4.89. The Morgan fingerprint density at radius 3 is 1.50 bits per heavy atom. The number of hydrogen-bond acceptors (Lipinski definition) is 0. The molecule has 1 fully saturated rings. The minimum Gasteiger partial charge on any atom is -0.0694 e. The first-order valence-electron chi connectivity index (χ1n) is 4.71. The fourth-order valence-electron chi connectivity index (χ4n) is 1.92. The van der Waals surface area contributed by atoms with E-state index in [0.717, 1.165) is 0 Å². The van der Waals surface area contributed by atoms with Crippen molar-refractivity contribution in [3.63, 3.8) is 0 Å². The first-order valence-corrected chi connectivity index (χ1v) is 10.6. The SMILES string of the molecule is [2H]C1(C)[Si](C)(C)CC[Si]1(C)C. The molecule has 1 saturated heterocycles. The van der Waals surface area contributed by atoms with E-state index in [4.69, 9.17) is 1.37 Å². The van der Waals surface area contributed by atoms with Gasteiger partial charge in [-0.15, -0.1) is 0 Å². The van der Waals surface area contributed by atoms with E-state index in [1.54, 1.807) is 0 Å². The third-order valence-electron chi connectivity index (χ3n) is 3.41. The summed E-state index contributed by atoms with van der Waals surface area (Å²) in [5.41, 5.74) is 0. The van der Waals surface area contributed by atoms with Crippen molar-refractivity contribution < 1.29 is 1.37 Å². The quantitative estimate of drug-likeness (QED) is 0.493. The lowest BCUT2D eigenvalue weighted by Crippen LogP contribution is -2.36. The van der Waals surface area contributed by atoms with E-state index < -0.39 is 16.1 Å². The Hall–Kier alpha value is 0.434. The van der Waals surface area contributed by atoms with Crippen LogP contribution in [0, 0.1) is 0 Å². The molecular weight excluding hydrogens is 152 g/mol. The van der Waals surface area contributed by atoms with Crippen molar-refractivity contribution >= 4 is 16.1 Å². The minimum absolute atomic E-state index is 0.0139. The Balaban J connectivity index is 3.00. The molecule has 1 rings (SSSR count). The van der Waals surface area contributed by atoms with Crippen LogP contribution in [-0.2, 0) is 0 Å². The van der Waals surface area contributed by atoms with Gasteiger partial charge in [0.25, 0.3) is 0 Å². The molecule has 1 heterocycles. The number of hydrogen-bond donors (Lipinski definition) is 0. The van der Waals surface area contributed by atoms with Crippen LogP contribution in [0.25, 0.3) is 0 Å². The Kier molecular flexibility index (Phi) is 1.57. The van der Waals surface area contributed by atoms with E-state index in [-0.39, 0.29) is 5.14 Å². The molecule has 0 saturated carbocycles. The Morgan fingerprint density at radius 1 is 1.10 bits per heavy atom. The van der Waals surface area contributed by atoms with Crippen molar-refractivity contribution in [2.45, 2.75) is 50.3 Å². The van der Waals surface area contributed by atoms with Crippen LogP contribution in [0.4, 0.5) is 0 Å². The van der Waals surface area contributed by atoms with E-state index in [0.29, 0.717) is 0 Å². The highest BCUT2D eigenvalue weighted by Gasteiger charge is 2.46. The summed E-state index contributed by atoms with van der Waals surface area (Å²) < 4.78 is 8.42. The predicted octanol–water partition coefficient (Wildman–Crippen LogP) is 3.35. The Labute approximate surface area is 68.5 Å². The van der Waals surface area contributed by atoms with Crippen LogP contribution < -0.4 is 0 Å². The van der Waals surface area contributed by atoms with Gasteiger partial charge >= 0.3 is 0 Å². The van der Waals surface area contributed by atoms with Crippen LogP contribution in [0.1, 0.15) is 8.29 Å². The third kappa shape index (κ3) is 1.23. The lowest BCUT2D eigenvalue weighted by atomic mass is 10.9. The molecule has 1 aliphatic heterocycles. The van der Waals surface area contributed by atoms with Crippen LogP contribution in [0.2, 0.25) is 43.4 Å². The molecule has 0 aromatic rings. The van der Waals surface area contributed by atoms with Gasteiger partial charge < -0.3 is 0 Å². The lowest BCUT2D eigenvalue weighted by Gasteiger charge is -2.28. The Bertz CT molecular complexity index is 155. The normalized spacial score (nSPS) is 35.5. The van der Waals surface area contributed by atoms with Gasteiger partial charge in [-0.25, -0.2) is 0 Å². The van der Waals surface area contributed by atoms with Crippen molar-refractivity contribution in [3.8, 4) is 0 Å². The zero-order valence-corrected chi connectivity index (χ0v) is 9.91. The number of rotatable bonds is 0. The van der Waals surface area contributed by atoms with Crippen LogP contribution in [0.15, 0.2) is 0 Å². The summed E-state index contributed by atoms with van der Waals surface area (Å²) in [6.07, 6.45) is 0. The monoisotopic (exact) mass is 173 g/mol. The molecule has 0 unspecified atom stereocenters. The summed E-state index contributed by atoms with van der Waals surface area (Å²) in [5, 5.41) is 0.0139. The fraction of sp³-hybridized carbons (Fsp3) is 1.00. The summed E-state index contributed by atoms with van der Waals surface area (Å²) in [5.74, 6) is 0. The highest BCUT2D eigenvalue weighted by Crippen LogP contribution is 2.45. The highest BCUT2D eigenvalue weighted by molar-refractivity contribution is 7.01. The average Bonchev–Trinajstić information content (AvgIpc) is 1.93. The summed E-state index contributed by atoms with van der Waals surface area (Å²) in [6.45, 7) is 11.8. The highest BCUT2D eigenvalue weighted by atomic mass is 28.4. The summed E-state index contributed by atoms with van der Waals surface area (Å²) in [7, 11) is -2.35. The lowest BCUT2D eigenvalue weighted by molar-refractivity contribution is 1.21. The molecule has 60 valence electrons. The second-order valence-corrected chi connectivity index (χ2v) is 15.4. The zero-order valence-electron chi connectivity index (χ0n) is 8.91. The maximum absolute atomic E-state index is 8.42. The van der Waals surface area contributed by atoms with E-state index in [1.165, 1.54) is 12.1 Å².